The van der Waals surface area contributed by atoms with E-state index < -0.39 is 5.41 Å². The topological polar surface area (TPSA) is 38.7 Å². The number of fused-ring (bicyclic) bond motifs is 2. The molecule has 0 radical (unpaired) electrons. The van der Waals surface area contributed by atoms with Gasteiger partial charge in [-0.2, -0.15) is 0 Å². The SMILES string of the molecule is COc1ccc(C)cc1[C@@H]1CC(=O)[C@]2(C=C1C)C(C)=N[C@]1(C)CCCC[C@H]21. The van der Waals surface area contributed by atoms with Crippen LogP contribution in [0.5, 0.6) is 5.75 Å². The number of allylic oxidation sites excluding steroid dienone is 2. The smallest absolute Gasteiger partial charge is 0.149 e. The summed E-state index contributed by atoms with van der Waals surface area (Å²) >= 11 is 0. The molecule has 1 aromatic rings. The van der Waals surface area contributed by atoms with Gasteiger partial charge in [0.1, 0.15) is 11.5 Å². The molecule has 2 aliphatic carbocycles. The van der Waals surface area contributed by atoms with Crippen LogP contribution in [0.1, 0.15) is 69.9 Å². The van der Waals surface area contributed by atoms with E-state index in [0.29, 0.717) is 18.1 Å². The van der Waals surface area contributed by atoms with Crippen molar-refractivity contribution in [1.82, 2.24) is 0 Å². The van der Waals surface area contributed by atoms with Crippen molar-refractivity contribution in [2.75, 3.05) is 7.11 Å². The first kappa shape index (κ1) is 18.5. The van der Waals surface area contributed by atoms with E-state index in [1.54, 1.807) is 7.11 Å². The van der Waals surface area contributed by atoms with Gasteiger partial charge in [0.05, 0.1) is 18.1 Å². The Labute approximate surface area is 162 Å². The van der Waals surface area contributed by atoms with E-state index in [0.717, 1.165) is 29.9 Å². The van der Waals surface area contributed by atoms with E-state index in [4.69, 9.17) is 9.73 Å². The Bertz CT molecular complexity index is 852. The second kappa shape index (κ2) is 6.32. The molecular weight excluding hydrogens is 334 g/mol. The van der Waals surface area contributed by atoms with Gasteiger partial charge in [-0.15, -0.1) is 0 Å². The first-order valence-electron chi connectivity index (χ1n) is 10.3. The number of carbonyl (C=O) groups is 1. The monoisotopic (exact) mass is 365 g/mol. The quantitative estimate of drug-likeness (QED) is 0.657. The Hall–Kier alpha value is -1.90. The molecule has 1 saturated carbocycles. The molecule has 0 bridgehead atoms. The number of aryl methyl sites for hydroxylation is 1. The zero-order valence-electron chi connectivity index (χ0n) is 17.3. The van der Waals surface area contributed by atoms with Gasteiger partial charge in [0.25, 0.3) is 0 Å². The van der Waals surface area contributed by atoms with Crippen LogP contribution in [-0.2, 0) is 4.79 Å². The second-order valence-electron chi connectivity index (χ2n) is 9.04. The summed E-state index contributed by atoms with van der Waals surface area (Å²) in [4.78, 5) is 18.7. The molecule has 144 valence electrons. The molecule has 0 N–H and O–H groups in total. The van der Waals surface area contributed by atoms with E-state index in [9.17, 15) is 4.79 Å². The van der Waals surface area contributed by atoms with Gasteiger partial charge in [0.15, 0.2) is 0 Å². The van der Waals surface area contributed by atoms with Crippen LogP contribution in [0.15, 0.2) is 34.8 Å². The van der Waals surface area contributed by atoms with Crippen LogP contribution in [0, 0.1) is 18.3 Å². The van der Waals surface area contributed by atoms with Gasteiger partial charge in [-0.05, 0) is 46.6 Å². The molecule has 27 heavy (non-hydrogen) atoms. The molecule has 0 saturated heterocycles. The minimum absolute atomic E-state index is 0.0668. The Morgan fingerprint density at radius 3 is 2.70 bits per heavy atom. The van der Waals surface area contributed by atoms with E-state index in [-0.39, 0.29) is 11.5 Å². The molecule has 0 unspecified atom stereocenters. The normalized spacial score (nSPS) is 35.7. The highest BCUT2D eigenvalue weighted by Gasteiger charge is 2.60. The number of Topliss-reactive ketones (excluding diaryl/α,β-unsaturated/α-hetero) is 1. The number of ether oxygens (including phenoxy) is 1. The maximum atomic E-state index is 13.7. The second-order valence-corrected chi connectivity index (χ2v) is 9.04. The summed E-state index contributed by atoms with van der Waals surface area (Å²) < 4.78 is 5.61. The molecule has 3 heteroatoms. The molecule has 1 fully saturated rings. The van der Waals surface area contributed by atoms with Gasteiger partial charge < -0.3 is 4.74 Å². The van der Waals surface area contributed by atoms with Crippen molar-refractivity contribution in [1.29, 1.82) is 0 Å². The lowest BCUT2D eigenvalue weighted by molar-refractivity contribution is -0.127. The molecule has 1 spiro atoms. The summed E-state index contributed by atoms with van der Waals surface area (Å²) in [6.45, 7) is 8.63. The molecule has 1 heterocycles. The Balaban J connectivity index is 1.80. The number of hydrogen-bond acceptors (Lipinski definition) is 3. The largest absolute Gasteiger partial charge is 0.496 e. The van der Waals surface area contributed by atoms with Crippen molar-refractivity contribution >= 4 is 11.5 Å². The molecular formula is C24H31NO2. The molecule has 1 aromatic carbocycles. The molecule has 0 amide bonds. The molecule has 3 aliphatic rings. The fourth-order valence-electron chi connectivity index (χ4n) is 6.03. The first-order valence-corrected chi connectivity index (χ1v) is 10.3. The van der Waals surface area contributed by atoms with E-state index in [1.807, 2.05) is 6.07 Å². The van der Waals surface area contributed by atoms with Gasteiger partial charge >= 0.3 is 0 Å². The Morgan fingerprint density at radius 1 is 1.19 bits per heavy atom. The highest BCUT2D eigenvalue weighted by molar-refractivity contribution is 6.13. The van der Waals surface area contributed by atoms with Crippen molar-refractivity contribution in [3.63, 3.8) is 0 Å². The third kappa shape index (κ3) is 2.61. The highest BCUT2D eigenvalue weighted by atomic mass is 16.5. The maximum Gasteiger partial charge on any atom is 0.149 e. The fourth-order valence-corrected chi connectivity index (χ4v) is 6.03. The van der Waals surface area contributed by atoms with E-state index in [2.05, 4.69) is 45.9 Å². The minimum atomic E-state index is -0.479. The lowest BCUT2D eigenvalue weighted by atomic mass is 9.56. The van der Waals surface area contributed by atoms with Crippen molar-refractivity contribution < 1.29 is 9.53 Å². The molecule has 1 aliphatic heterocycles. The van der Waals surface area contributed by atoms with Crippen molar-refractivity contribution in [3.8, 4) is 5.75 Å². The minimum Gasteiger partial charge on any atom is -0.496 e. The Morgan fingerprint density at radius 2 is 1.96 bits per heavy atom. The van der Waals surface area contributed by atoms with Gasteiger partial charge in [0.2, 0.25) is 0 Å². The number of carbonyl (C=O) groups excluding carboxylic acids is 1. The number of rotatable bonds is 2. The van der Waals surface area contributed by atoms with Gasteiger partial charge in [-0.3, -0.25) is 9.79 Å². The number of ketones is 1. The average Bonchev–Trinajstić information content (AvgIpc) is 2.85. The molecule has 3 nitrogen and oxygen atoms in total. The summed E-state index contributed by atoms with van der Waals surface area (Å²) in [7, 11) is 1.71. The number of methoxy groups -OCH3 is 1. The number of aliphatic imine (C=N–C) groups is 1. The number of hydrogen-bond donors (Lipinski definition) is 0. The predicted octanol–water partition coefficient (Wildman–Crippen LogP) is 5.42. The summed E-state index contributed by atoms with van der Waals surface area (Å²) in [6.07, 6.45) is 7.46. The molecule has 4 atom stereocenters. The summed E-state index contributed by atoms with van der Waals surface area (Å²) in [5.41, 5.74) is 4.10. The predicted molar refractivity (Wildman–Crippen MR) is 110 cm³/mol. The van der Waals surface area contributed by atoms with Crippen LogP contribution < -0.4 is 4.74 Å². The zero-order chi connectivity index (χ0) is 19.4. The van der Waals surface area contributed by atoms with Gasteiger partial charge in [0, 0.05) is 29.5 Å². The van der Waals surface area contributed by atoms with Crippen LogP contribution in [-0.4, -0.2) is 24.1 Å². The third-order valence-corrected chi connectivity index (χ3v) is 7.36. The summed E-state index contributed by atoms with van der Waals surface area (Å²) in [5, 5.41) is 0. The lowest BCUT2D eigenvalue weighted by Gasteiger charge is -2.44. The standard InChI is InChI=1S/C24H31NO2/c1-15-9-10-20(27-5)19(12-15)18-13-22(26)24(14-16(18)2)17(3)25-23(4)11-7-6-8-21(23)24/h9-10,12,14,18,21H,6-8,11,13H2,1-5H3/t18-,21+,23-,24-/m1/s1. The fraction of sp³-hybridized carbons (Fsp3) is 0.583. The zero-order valence-corrected chi connectivity index (χ0v) is 17.3. The maximum absolute atomic E-state index is 13.7. The van der Waals surface area contributed by atoms with Gasteiger partial charge in [-0.25, -0.2) is 0 Å². The highest BCUT2D eigenvalue weighted by Crippen LogP contribution is 2.57. The molecule has 0 aromatic heterocycles. The lowest BCUT2D eigenvalue weighted by Crippen LogP contribution is -2.49. The van der Waals surface area contributed by atoms with Crippen LogP contribution >= 0.6 is 0 Å². The Kier molecular flexibility index (Phi) is 4.32. The van der Waals surface area contributed by atoms with Crippen LogP contribution in [0.3, 0.4) is 0 Å². The van der Waals surface area contributed by atoms with E-state index in [1.165, 1.54) is 24.0 Å². The average molecular weight is 366 g/mol. The summed E-state index contributed by atoms with van der Waals surface area (Å²) in [5.74, 6) is 1.64. The van der Waals surface area contributed by atoms with Crippen molar-refractivity contribution in [3.05, 3.63) is 41.0 Å². The molecule has 4 rings (SSSR count). The van der Waals surface area contributed by atoms with E-state index >= 15 is 0 Å². The van der Waals surface area contributed by atoms with Crippen LogP contribution in [0.2, 0.25) is 0 Å². The summed E-state index contributed by atoms with van der Waals surface area (Å²) in [6, 6.07) is 6.26. The number of benzene rings is 1. The van der Waals surface area contributed by atoms with Crippen molar-refractivity contribution in [2.45, 2.75) is 71.3 Å². The van der Waals surface area contributed by atoms with Crippen LogP contribution in [0.4, 0.5) is 0 Å². The van der Waals surface area contributed by atoms with Crippen molar-refractivity contribution in [2.24, 2.45) is 16.3 Å². The van der Waals surface area contributed by atoms with Crippen LogP contribution in [0.25, 0.3) is 0 Å². The third-order valence-electron chi connectivity index (χ3n) is 7.36. The first-order chi connectivity index (χ1) is 12.8. The number of nitrogens with zero attached hydrogens (tertiary/aromatic N) is 1. The van der Waals surface area contributed by atoms with Gasteiger partial charge in [-0.1, -0.05) is 42.2 Å².